The number of thiazole rings is 1. The van der Waals surface area contributed by atoms with Crippen LogP contribution in [-0.2, 0) is 6.42 Å². The van der Waals surface area contributed by atoms with Crippen LogP contribution in [0, 0.1) is 13.8 Å². The fourth-order valence-corrected chi connectivity index (χ4v) is 5.93. The molecule has 194 valence electrons. The molecule has 0 bridgehead atoms. The number of imidazole rings is 1. The summed E-state index contributed by atoms with van der Waals surface area (Å²) in [5, 5.41) is 0. The van der Waals surface area contributed by atoms with Crippen molar-refractivity contribution in [2.75, 3.05) is 18.0 Å². The van der Waals surface area contributed by atoms with Crippen LogP contribution in [0.2, 0.25) is 0 Å². The number of anilines is 1. The van der Waals surface area contributed by atoms with Crippen LogP contribution in [0.1, 0.15) is 57.4 Å². The van der Waals surface area contributed by atoms with Crippen molar-refractivity contribution in [2.45, 2.75) is 51.8 Å². The molecular weight excluding hydrogens is 499 g/mol. The number of aryl methyl sites for hydroxylation is 3. The number of nitrogens with zero attached hydrogens (tertiary/aromatic N) is 3. The van der Waals surface area contributed by atoms with Crippen LogP contribution in [0.5, 0.6) is 5.75 Å². The van der Waals surface area contributed by atoms with Gasteiger partial charge in [0.05, 0.1) is 5.69 Å². The van der Waals surface area contributed by atoms with Gasteiger partial charge >= 0.3 is 6.36 Å². The Bertz CT molecular complexity index is 1380. The van der Waals surface area contributed by atoms with Gasteiger partial charge in [-0.05, 0) is 74.4 Å². The summed E-state index contributed by atoms with van der Waals surface area (Å²) in [5.41, 5.74) is 4.76. The van der Waals surface area contributed by atoms with Crippen molar-refractivity contribution in [1.82, 2.24) is 9.38 Å². The molecule has 0 radical (unpaired) electrons. The third-order valence-corrected chi connectivity index (χ3v) is 7.80. The van der Waals surface area contributed by atoms with Crippen molar-refractivity contribution in [3.63, 3.8) is 0 Å². The lowest BCUT2D eigenvalue weighted by Gasteiger charge is -2.34. The number of ketones is 1. The average molecular weight is 528 g/mol. The molecular formula is C28H28F3N3O2S. The lowest BCUT2D eigenvalue weighted by Crippen LogP contribution is -2.32. The van der Waals surface area contributed by atoms with Crippen LogP contribution in [0.25, 0.3) is 4.96 Å². The average Bonchev–Trinajstić information content (AvgIpc) is 3.36. The minimum absolute atomic E-state index is 0.104. The predicted molar refractivity (Wildman–Crippen MR) is 139 cm³/mol. The highest BCUT2D eigenvalue weighted by Gasteiger charge is 2.31. The number of aromatic nitrogens is 2. The monoisotopic (exact) mass is 527 g/mol. The van der Waals surface area contributed by atoms with Crippen LogP contribution in [0.4, 0.5) is 18.9 Å². The van der Waals surface area contributed by atoms with Gasteiger partial charge in [-0.1, -0.05) is 24.3 Å². The third-order valence-electron chi connectivity index (χ3n) is 6.90. The summed E-state index contributed by atoms with van der Waals surface area (Å²) in [6.07, 6.45) is 0.260. The maximum atomic E-state index is 12.9. The number of fused-ring (bicyclic) bond motifs is 1. The van der Waals surface area contributed by atoms with Gasteiger partial charge in [0, 0.05) is 36.3 Å². The number of alkyl halides is 3. The van der Waals surface area contributed by atoms with Crippen molar-refractivity contribution in [1.29, 1.82) is 0 Å². The lowest BCUT2D eigenvalue weighted by atomic mass is 9.89. The number of hydrogen-bond donors (Lipinski definition) is 0. The summed E-state index contributed by atoms with van der Waals surface area (Å²) in [6.45, 7) is 5.65. The van der Waals surface area contributed by atoms with Gasteiger partial charge in [0.25, 0.3) is 0 Å². The topological polar surface area (TPSA) is 46.8 Å². The number of carbonyl (C=O) groups is 1. The second-order valence-electron chi connectivity index (χ2n) is 9.51. The molecule has 2 aromatic carbocycles. The van der Waals surface area contributed by atoms with Crippen LogP contribution < -0.4 is 9.64 Å². The van der Waals surface area contributed by atoms with Crippen molar-refractivity contribution < 1.29 is 22.7 Å². The highest BCUT2D eigenvalue weighted by atomic mass is 32.1. The van der Waals surface area contributed by atoms with Gasteiger partial charge in [-0.2, -0.15) is 0 Å². The summed E-state index contributed by atoms with van der Waals surface area (Å²) >= 11 is 1.59. The molecule has 0 amide bonds. The van der Waals surface area contributed by atoms with Gasteiger partial charge in [-0.3, -0.25) is 9.20 Å². The molecule has 1 aliphatic heterocycles. The van der Waals surface area contributed by atoms with Crippen LogP contribution in [0.3, 0.4) is 0 Å². The van der Waals surface area contributed by atoms with E-state index in [1.165, 1.54) is 12.1 Å². The smallest absolute Gasteiger partial charge is 0.406 e. The number of piperidine rings is 1. The van der Waals surface area contributed by atoms with Gasteiger partial charge in [-0.15, -0.1) is 24.5 Å². The van der Waals surface area contributed by atoms with Gasteiger partial charge in [0.1, 0.15) is 11.4 Å². The Labute approximate surface area is 217 Å². The number of ether oxygens (including phenoxy) is 1. The number of benzene rings is 2. The second-order valence-corrected chi connectivity index (χ2v) is 10.7. The molecule has 0 unspecified atom stereocenters. The number of rotatable bonds is 7. The largest absolute Gasteiger partial charge is 0.573 e. The molecule has 4 aromatic rings. The summed E-state index contributed by atoms with van der Waals surface area (Å²) in [6, 6.07) is 14.6. The van der Waals surface area contributed by atoms with E-state index in [0.717, 1.165) is 58.3 Å². The number of hydrogen-bond acceptors (Lipinski definition) is 5. The standard InChI is InChI=1S/C28H28F3N3O2S/c1-18-17-34-26(19(2)32-27(34)37-18)25(35)12-5-20-3-8-23(9-4-20)33-15-13-22(14-16-33)21-6-10-24(11-7-21)36-28(29,30)31/h3-4,6-11,17,22H,5,12-16H2,1-2H3. The molecule has 9 heteroatoms. The fourth-order valence-electron chi connectivity index (χ4n) is 5.06. The van der Waals surface area contributed by atoms with E-state index in [1.54, 1.807) is 23.5 Å². The van der Waals surface area contributed by atoms with Crippen molar-refractivity contribution >= 4 is 27.8 Å². The first-order valence-electron chi connectivity index (χ1n) is 12.3. The van der Waals surface area contributed by atoms with E-state index < -0.39 is 6.36 Å². The first-order chi connectivity index (χ1) is 17.7. The fraction of sp³-hybridized carbons (Fsp3) is 0.357. The third kappa shape index (κ3) is 5.82. The predicted octanol–water partition coefficient (Wildman–Crippen LogP) is 7.11. The van der Waals surface area contributed by atoms with Crippen molar-refractivity contribution in [3.05, 3.63) is 82.1 Å². The molecule has 0 aliphatic carbocycles. The Hall–Kier alpha value is -3.33. The first-order valence-corrected chi connectivity index (χ1v) is 13.2. The molecule has 2 aromatic heterocycles. The number of Topliss-reactive ketones (excluding diaryl/α,β-unsaturated/α-hetero) is 1. The molecule has 0 N–H and O–H groups in total. The van der Waals surface area contributed by atoms with E-state index in [9.17, 15) is 18.0 Å². The van der Waals surface area contributed by atoms with Crippen LogP contribution in [-0.4, -0.2) is 34.6 Å². The van der Waals surface area contributed by atoms with E-state index in [2.05, 4.69) is 38.9 Å². The highest BCUT2D eigenvalue weighted by Crippen LogP contribution is 2.32. The van der Waals surface area contributed by atoms with Crippen LogP contribution in [0.15, 0.2) is 54.7 Å². The Morgan fingerprint density at radius 1 is 1.05 bits per heavy atom. The number of halogens is 3. The minimum atomic E-state index is -4.67. The molecule has 3 heterocycles. The van der Waals surface area contributed by atoms with E-state index in [0.29, 0.717) is 24.5 Å². The molecule has 37 heavy (non-hydrogen) atoms. The summed E-state index contributed by atoms with van der Waals surface area (Å²) in [4.78, 5) is 21.8. The zero-order valence-electron chi connectivity index (χ0n) is 20.7. The first kappa shape index (κ1) is 25.3. The van der Waals surface area contributed by atoms with Crippen molar-refractivity contribution in [2.24, 2.45) is 0 Å². The quantitative estimate of drug-likeness (QED) is 0.240. The van der Waals surface area contributed by atoms with Crippen molar-refractivity contribution in [3.8, 4) is 5.75 Å². The van der Waals surface area contributed by atoms with E-state index >= 15 is 0 Å². The van der Waals surface area contributed by atoms with Gasteiger partial charge in [0.15, 0.2) is 10.7 Å². The summed E-state index contributed by atoms with van der Waals surface area (Å²) in [7, 11) is 0. The van der Waals surface area contributed by atoms with E-state index in [1.807, 2.05) is 24.4 Å². The Morgan fingerprint density at radius 3 is 2.38 bits per heavy atom. The maximum Gasteiger partial charge on any atom is 0.573 e. The Morgan fingerprint density at radius 2 is 1.73 bits per heavy atom. The van der Waals surface area contributed by atoms with E-state index in [-0.39, 0.29) is 11.5 Å². The molecule has 5 nitrogen and oxygen atoms in total. The molecule has 1 aliphatic rings. The van der Waals surface area contributed by atoms with Gasteiger partial charge < -0.3 is 9.64 Å². The number of carbonyl (C=O) groups excluding carboxylic acids is 1. The minimum Gasteiger partial charge on any atom is -0.406 e. The summed E-state index contributed by atoms with van der Waals surface area (Å²) < 4.78 is 43.0. The molecule has 5 rings (SSSR count). The Balaban J connectivity index is 1.14. The summed E-state index contributed by atoms with van der Waals surface area (Å²) in [5.74, 6) is 0.226. The molecule has 1 saturated heterocycles. The zero-order valence-corrected chi connectivity index (χ0v) is 21.5. The van der Waals surface area contributed by atoms with Gasteiger partial charge in [0.2, 0.25) is 0 Å². The molecule has 0 atom stereocenters. The second kappa shape index (κ2) is 10.2. The highest BCUT2D eigenvalue weighted by molar-refractivity contribution is 7.17. The molecule has 0 spiro atoms. The van der Waals surface area contributed by atoms with Gasteiger partial charge in [-0.25, -0.2) is 4.98 Å². The molecule has 0 saturated carbocycles. The zero-order chi connectivity index (χ0) is 26.2. The van der Waals surface area contributed by atoms with Crippen LogP contribution >= 0.6 is 11.3 Å². The SMILES string of the molecule is Cc1cn2c(C(=O)CCc3ccc(N4CCC(c5ccc(OC(F)(F)F)cc5)CC4)cc3)c(C)nc2s1. The van der Waals surface area contributed by atoms with E-state index in [4.69, 9.17) is 0 Å². The molecule has 1 fully saturated rings. The maximum absolute atomic E-state index is 12.9. The lowest BCUT2D eigenvalue weighted by molar-refractivity contribution is -0.274. The normalized spacial score (nSPS) is 14.9. The Kier molecular flexibility index (Phi) is 6.98.